The average molecular weight is 302 g/mol. The van der Waals surface area contributed by atoms with E-state index >= 15 is 0 Å². The van der Waals surface area contributed by atoms with Gasteiger partial charge in [0.15, 0.2) is 0 Å². The number of nitrogens with one attached hydrogen (secondary N) is 1. The number of amides is 2. The summed E-state index contributed by atoms with van der Waals surface area (Å²) in [5, 5.41) is 3.35. The Hall–Kier alpha value is -1.92. The van der Waals surface area contributed by atoms with Gasteiger partial charge in [0.1, 0.15) is 0 Å². The molecule has 0 aromatic heterocycles. The van der Waals surface area contributed by atoms with Gasteiger partial charge in [-0.1, -0.05) is 12.1 Å². The van der Waals surface area contributed by atoms with E-state index in [0.29, 0.717) is 0 Å². The van der Waals surface area contributed by atoms with Gasteiger partial charge < -0.3 is 10.2 Å². The van der Waals surface area contributed by atoms with Crippen molar-refractivity contribution in [3.8, 4) is 0 Å². The largest absolute Gasteiger partial charge is 0.353 e. The highest BCUT2D eigenvalue weighted by atomic mass is 16.2. The molecule has 2 heterocycles. The van der Waals surface area contributed by atoms with Gasteiger partial charge in [-0.25, -0.2) is 0 Å². The summed E-state index contributed by atoms with van der Waals surface area (Å²) in [5.41, 5.74) is 2.19. The third kappa shape index (κ3) is 3.28. The monoisotopic (exact) mass is 302 g/mol. The summed E-state index contributed by atoms with van der Waals surface area (Å²) < 4.78 is 0. The van der Waals surface area contributed by atoms with E-state index in [1.165, 1.54) is 10.5 Å². The summed E-state index contributed by atoms with van der Waals surface area (Å²) in [6, 6.07) is 8.18. The van der Waals surface area contributed by atoms with Crippen LogP contribution in [-0.2, 0) is 16.1 Å². The number of rotatable bonds is 3. The summed E-state index contributed by atoms with van der Waals surface area (Å²) >= 11 is 0. The third-order valence-electron chi connectivity index (χ3n) is 4.32. The molecule has 0 bridgehead atoms. The van der Waals surface area contributed by atoms with Crippen LogP contribution in [0.15, 0.2) is 24.3 Å². The van der Waals surface area contributed by atoms with Crippen LogP contribution in [0.5, 0.6) is 0 Å². The Morgan fingerprint density at radius 1 is 1.00 bits per heavy atom. The van der Waals surface area contributed by atoms with Crippen molar-refractivity contribution in [2.45, 2.75) is 6.54 Å². The van der Waals surface area contributed by atoms with Gasteiger partial charge in [-0.3, -0.25) is 19.4 Å². The first-order chi connectivity index (χ1) is 10.6. The van der Waals surface area contributed by atoms with Crippen LogP contribution in [0.1, 0.15) is 5.56 Å². The number of benzene rings is 1. The SMILES string of the molecule is CN1C(=O)CN(c2ccc(CN3CCNCC3)cc2)CC1=O. The molecule has 118 valence electrons. The molecule has 22 heavy (non-hydrogen) atoms. The predicted molar refractivity (Wildman–Crippen MR) is 84.6 cm³/mol. The maximum atomic E-state index is 11.8. The molecule has 0 spiro atoms. The first kappa shape index (κ1) is 15.0. The molecule has 2 fully saturated rings. The predicted octanol–water partition coefficient (Wildman–Crippen LogP) is -0.103. The van der Waals surface area contributed by atoms with Gasteiger partial charge in [0.25, 0.3) is 0 Å². The van der Waals surface area contributed by atoms with E-state index in [1.54, 1.807) is 7.05 Å². The van der Waals surface area contributed by atoms with E-state index in [-0.39, 0.29) is 24.9 Å². The molecule has 1 N–H and O–H groups in total. The molecule has 0 aliphatic carbocycles. The number of carbonyl (C=O) groups is 2. The second-order valence-electron chi connectivity index (χ2n) is 5.90. The van der Waals surface area contributed by atoms with Crippen LogP contribution in [0.2, 0.25) is 0 Å². The molecule has 0 radical (unpaired) electrons. The summed E-state index contributed by atoms with van der Waals surface area (Å²) in [5.74, 6) is -0.303. The lowest BCUT2D eigenvalue weighted by Crippen LogP contribution is -2.52. The fourth-order valence-electron chi connectivity index (χ4n) is 2.86. The lowest BCUT2D eigenvalue weighted by Gasteiger charge is -2.32. The third-order valence-corrected chi connectivity index (χ3v) is 4.32. The van der Waals surface area contributed by atoms with E-state index in [1.807, 2.05) is 17.0 Å². The van der Waals surface area contributed by atoms with Crippen LogP contribution in [0.4, 0.5) is 5.69 Å². The van der Waals surface area contributed by atoms with Crippen LogP contribution in [0.25, 0.3) is 0 Å². The first-order valence-corrected chi connectivity index (χ1v) is 7.70. The zero-order valence-electron chi connectivity index (χ0n) is 12.9. The van der Waals surface area contributed by atoms with Crippen molar-refractivity contribution in [1.29, 1.82) is 0 Å². The molecule has 6 heteroatoms. The smallest absolute Gasteiger partial charge is 0.248 e. The Kier molecular flexibility index (Phi) is 4.40. The maximum Gasteiger partial charge on any atom is 0.248 e. The van der Waals surface area contributed by atoms with Crippen molar-refractivity contribution in [2.75, 3.05) is 51.2 Å². The normalized spacial score (nSPS) is 20.6. The van der Waals surface area contributed by atoms with Crippen LogP contribution in [-0.4, -0.2) is 67.9 Å². The van der Waals surface area contributed by atoms with Crippen LogP contribution in [0.3, 0.4) is 0 Å². The Labute approximate surface area is 130 Å². The van der Waals surface area contributed by atoms with Gasteiger partial charge in [0.2, 0.25) is 11.8 Å². The first-order valence-electron chi connectivity index (χ1n) is 7.70. The summed E-state index contributed by atoms with van der Waals surface area (Å²) in [6.45, 7) is 5.71. The number of carbonyl (C=O) groups excluding carboxylic acids is 2. The van der Waals surface area contributed by atoms with Gasteiger partial charge in [0.05, 0.1) is 13.1 Å². The summed E-state index contributed by atoms with van der Waals surface area (Å²) in [7, 11) is 1.54. The Morgan fingerprint density at radius 3 is 2.18 bits per heavy atom. The Morgan fingerprint density at radius 2 is 1.59 bits per heavy atom. The van der Waals surface area contributed by atoms with Crippen molar-refractivity contribution in [3.05, 3.63) is 29.8 Å². The standard InChI is InChI=1S/C16H22N4O2/c1-18-15(21)11-20(12-16(18)22)14-4-2-13(3-5-14)10-19-8-6-17-7-9-19/h2-5,17H,6-12H2,1H3. The number of anilines is 1. The van der Waals surface area contributed by atoms with Gasteiger partial charge >= 0.3 is 0 Å². The van der Waals surface area contributed by atoms with E-state index in [9.17, 15) is 9.59 Å². The fourth-order valence-corrected chi connectivity index (χ4v) is 2.86. The fraction of sp³-hybridized carbons (Fsp3) is 0.500. The van der Waals surface area contributed by atoms with Crippen LogP contribution >= 0.6 is 0 Å². The molecular formula is C16H22N4O2. The molecule has 6 nitrogen and oxygen atoms in total. The van der Waals surface area contributed by atoms with Crippen molar-refractivity contribution in [2.24, 2.45) is 0 Å². The van der Waals surface area contributed by atoms with E-state index in [0.717, 1.165) is 38.4 Å². The van der Waals surface area contributed by atoms with Crippen molar-refractivity contribution < 1.29 is 9.59 Å². The number of likely N-dealkylation sites (N-methyl/N-ethyl adjacent to an activating group) is 1. The number of hydrogen-bond donors (Lipinski definition) is 1. The number of nitrogens with zero attached hydrogens (tertiary/aromatic N) is 3. The minimum atomic E-state index is -0.152. The van der Waals surface area contributed by atoms with Crippen molar-refractivity contribution in [3.63, 3.8) is 0 Å². The topological polar surface area (TPSA) is 55.9 Å². The zero-order chi connectivity index (χ0) is 15.5. The highest BCUT2D eigenvalue weighted by Crippen LogP contribution is 2.18. The molecular weight excluding hydrogens is 280 g/mol. The van der Waals surface area contributed by atoms with E-state index < -0.39 is 0 Å². The molecule has 0 unspecified atom stereocenters. The van der Waals surface area contributed by atoms with Crippen LogP contribution in [0, 0.1) is 0 Å². The molecule has 3 rings (SSSR count). The quantitative estimate of drug-likeness (QED) is 0.790. The molecule has 2 amide bonds. The lowest BCUT2D eigenvalue weighted by molar-refractivity contribution is -0.143. The second kappa shape index (κ2) is 6.46. The minimum absolute atomic E-state index is 0.152. The molecule has 1 aromatic carbocycles. The number of imide groups is 1. The van der Waals surface area contributed by atoms with Gasteiger partial charge in [-0.2, -0.15) is 0 Å². The zero-order valence-corrected chi connectivity index (χ0v) is 12.9. The molecule has 2 saturated heterocycles. The van der Waals surface area contributed by atoms with E-state index in [2.05, 4.69) is 22.3 Å². The average Bonchev–Trinajstić information content (AvgIpc) is 2.54. The minimum Gasteiger partial charge on any atom is -0.353 e. The van der Waals surface area contributed by atoms with E-state index in [4.69, 9.17) is 0 Å². The molecule has 2 aliphatic rings. The molecule has 0 atom stereocenters. The van der Waals surface area contributed by atoms with Gasteiger partial charge in [-0.15, -0.1) is 0 Å². The molecule has 0 saturated carbocycles. The Bertz CT molecular complexity index is 534. The highest BCUT2D eigenvalue weighted by molar-refractivity contribution is 6.02. The van der Waals surface area contributed by atoms with Crippen LogP contribution < -0.4 is 10.2 Å². The summed E-state index contributed by atoms with van der Waals surface area (Å²) in [6.07, 6.45) is 0. The highest BCUT2D eigenvalue weighted by Gasteiger charge is 2.28. The molecule has 1 aromatic rings. The second-order valence-corrected chi connectivity index (χ2v) is 5.90. The summed E-state index contributed by atoms with van der Waals surface area (Å²) in [4.78, 5) is 29.0. The molecule has 2 aliphatic heterocycles. The maximum absolute atomic E-state index is 11.8. The van der Waals surface area contributed by atoms with Crippen molar-refractivity contribution >= 4 is 17.5 Å². The number of piperazine rings is 2. The van der Waals surface area contributed by atoms with Gasteiger partial charge in [-0.05, 0) is 17.7 Å². The number of hydrogen-bond acceptors (Lipinski definition) is 5. The Balaban J connectivity index is 1.63. The van der Waals surface area contributed by atoms with Crippen molar-refractivity contribution in [1.82, 2.24) is 15.1 Å². The lowest BCUT2D eigenvalue weighted by atomic mass is 10.1. The van der Waals surface area contributed by atoms with Gasteiger partial charge in [0, 0.05) is 45.5 Å².